The third-order valence-electron chi connectivity index (χ3n) is 7.40. The Morgan fingerprint density at radius 3 is 2.63 bits per heavy atom. The summed E-state index contributed by atoms with van der Waals surface area (Å²) in [5, 5.41) is 15.2. The number of fused-ring (bicyclic) bond motifs is 3. The lowest BCUT2D eigenvalue weighted by Gasteiger charge is -2.39. The van der Waals surface area contributed by atoms with Crippen LogP contribution in [0, 0.1) is 11.3 Å². The summed E-state index contributed by atoms with van der Waals surface area (Å²) >= 11 is 1.38. The summed E-state index contributed by atoms with van der Waals surface area (Å²) in [4.78, 5) is 33.0. The van der Waals surface area contributed by atoms with Crippen LogP contribution in [-0.2, 0) is 17.8 Å². The molecule has 0 aromatic heterocycles. The van der Waals surface area contributed by atoms with Gasteiger partial charge in [0.05, 0.1) is 17.5 Å². The predicted molar refractivity (Wildman–Crippen MR) is 135 cm³/mol. The average Bonchev–Trinajstić information content (AvgIpc) is 3.06. The van der Waals surface area contributed by atoms with Gasteiger partial charge < -0.3 is 9.47 Å². The van der Waals surface area contributed by atoms with Crippen molar-refractivity contribution in [2.75, 3.05) is 12.8 Å². The van der Waals surface area contributed by atoms with Crippen molar-refractivity contribution in [2.24, 2.45) is 0 Å². The first kappa shape index (κ1) is 23.6. The van der Waals surface area contributed by atoms with E-state index in [1.807, 2.05) is 30.3 Å². The molecule has 1 amide bonds. The molecule has 1 aromatic rings. The summed E-state index contributed by atoms with van der Waals surface area (Å²) < 4.78 is 3.54. The van der Waals surface area contributed by atoms with Crippen molar-refractivity contribution in [1.82, 2.24) is 24.2 Å². The van der Waals surface area contributed by atoms with Gasteiger partial charge in [-0.15, -0.1) is 5.10 Å². The number of hydrogen-bond acceptors (Lipinski definition) is 6. The van der Waals surface area contributed by atoms with Crippen LogP contribution in [0.2, 0.25) is 0 Å². The fourth-order valence-corrected chi connectivity index (χ4v) is 6.28. The normalized spacial score (nSPS) is 17.4. The highest BCUT2D eigenvalue weighted by atomic mass is 32.2. The van der Waals surface area contributed by atoms with Crippen molar-refractivity contribution in [3.05, 3.63) is 46.4 Å². The molecule has 3 aliphatic heterocycles. The molecule has 4 aliphatic rings. The molecule has 0 bridgehead atoms. The van der Waals surface area contributed by atoms with Crippen LogP contribution in [0.25, 0.3) is 17.1 Å². The van der Waals surface area contributed by atoms with E-state index in [0.29, 0.717) is 22.2 Å². The van der Waals surface area contributed by atoms with Crippen molar-refractivity contribution in [2.45, 2.75) is 75.0 Å². The summed E-state index contributed by atoms with van der Waals surface area (Å²) in [7, 11) is 1.76. The lowest BCUT2D eigenvalue weighted by molar-refractivity contribution is -0.131. The molecule has 0 unspecified atom stereocenters. The van der Waals surface area contributed by atoms with E-state index in [1.54, 1.807) is 11.9 Å². The SMILES string of the molecule is CN(C(=O)CSc1nc2nn(-c3ccccc3)c(=O)c-2c2n1CCCCC2)C1(C#N)CCCCC1. The Labute approximate surface area is 209 Å². The van der Waals surface area contributed by atoms with Gasteiger partial charge in [0.2, 0.25) is 5.91 Å². The molecule has 9 heteroatoms. The first-order chi connectivity index (χ1) is 17.0. The second-order valence-electron chi connectivity index (χ2n) is 9.50. The highest BCUT2D eigenvalue weighted by Gasteiger charge is 2.39. The van der Waals surface area contributed by atoms with Crippen molar-refractivity contribution in [3.8, 4) is 23.1 Å². The van der Waals surface area contributed by atoms with Gasteiger partial charge in [0.1, 0.15) is 11.1 Å². The molecule has 3 heterocycles. The van der Waals surface area contributed by atoms with Crippen molar-refractivity contribution >= 4 is 17.7 Å². The quantitative estimate of drug-likeness (QED) is 0.396. The van der Waals surface area contributed by atoms with Crippen molar-refractivity contribution < 1.29 is 4.79 Å². The van der Waals surface area contributed by atoms with Crippen LogP contribution in [0.4, 0.5) is 0 Å². The topological polar surface area (TPSA) is 96.8 Å². The second kappa shape index (κ2) is 9.86. The van der Waals surface area contributed by atoms with Crippen LogP contribution in [0.5, 0.6) is 0 Å². The van der Waals surface area contributed by atoms with Crippen molar-refractivity contribution in [3.63, 3.8) is 0 Å². The number of rotatable bonds is 5. The number of thioether (sulfide) groups is 1. The fourth-order valence-electron chi connectivity index (χ4n) is 5.33. The number of nitrogens with zero attached hydrogens (tertiary/aromatic N) is 6. The fraction of sp³-hybridized carbons (Fsp3) is 0.500. The molecule has 0 spiro atoms. The Morgan fingerprint density at radius 2 is 1.89 bits per heavy atom. The number of aromatic nitrogens is 4. The molecule has 0 N–H and O–H groups in total. The molecule has 0 saturated heterocycles. The van der Waals surface area contributed by atoms with E-state index in [0.717, 1.165) is 70.0 Å². The van der Waals surface area contributed by atoms with Crippen LogP contribution >= 0.6 is 11.8 Å². The molecule has 8 nitrogen and oxygen atoms in total. The number of carbonyl (C=O) groups excluding carboxylic acids is 1. The van der Waals surface area contributed by atoms with E-state index >= 15 is 0 Å². The van der Waals surface area contributed by atoms with Crippen LogP contribution < -0.4 is 5.56 Å². The summed E-state index contributed by atoms with van der Waals surface area (Å²) in [5.74, 6) is 0.556. The van der Waals surface area contributed by atoms with Gasteiger partial charge in [-0.2, -0.15) is 9.94 Å². The maximum Gasteiger partial charge on any atom is 0.284 e. The molecule has 0 radical (unpaired) electrons. The summed E-state index contributed by atoms with van der Waals surface area (Å²) in [6, 6.07) is 11.8. The van der Waals surface area contributed by atoms with Gasteiger partial charge in [0.15, 0.2) is 11.0 Å². The van der Waals surface area contributed by atoms with Crippen LogP contribution in [-0.4, -0.2) is 48.5 Å². The second-order valence-corrected chi connectivity index (χ2v) is 10.4. The summed E-state index contributed by atoms with van der Waals surface area (Å²) in [6.07, 6.45) is 8.40. The number of carbonyl (C=O) groups is 1. The third-order valence-corrected chi connectivity index (χ3v) is 8.36. The highest BCUT2D eigenvalue weighted by molar-refractivity contribution is 7.99. The number of para-hydroxylation sites is 1. The van der Waals surface area contributed by atoms with E-state index < -0.39 is 5.54 Å². The minimum atomic E-state index is -0.705. The van der Waals surface area contributed by atoms with Crippen LogP contribution in [0.3, 0.4) is 0 Å². The lowest BCUT2D eigenvalue weighted by atomic mass is 9.81. The van der Waals surface area contributed by atoms with E-state index in [9.17, 15) is 14.9 Å². The third kappa shape index (κ3) is 4.36. The van der Waals surface area contributed by atoms with Crippen molar-refractivity contribution in [1.29, 1.82) is 5.26 Å². The minimum Gasteiger partial charge on any atom is -0.326 e. The summed E-state index contributed by atoms with van der Waals surface area (Å²) in [5.41, 5.74) is 1.40. The Hall–Kier alpha value is -3.12. The maximum absolute atomic E-state index is 13.4. The molecule has 35 heavy (non-hydrogen) atoms. The van der Waals surface area contributed by atoms with Gasteiger partial charge in [-0.25, -0.2) is 4.98 Å². The number of benzene rings is 1. The molecule has 5 rings (SSSR count). The Kier molecular flexibility index (Phi) is 6.65. The van der Waals surface area contributed by atoms with Gasteiger partial charge in [0.25, 0.3) is 5.56 Å². The highest BCUT2D eigenvalue weighted by Crippen LogP contribution is 2.34. The number of amides is 1. The molecule has 182 valence electrons. The zero-order valence-corrected chi connectivity index (χ0v) is 20.9. The van der Waals surface area contributed by atoms with Gasteiger partial charge >= 0.3 is 0 Å². The first-order valence-electron chi connectivity index (χ1n) is 12.4. The average molecular weight is 491 g/mol. The van der Waals surface area contributed by atoms with Gasteiger partial charge in [0, 0.05) is 19.3 Å². The maximum atomic E-state index is 13.4. The Balaban J connectivity index is 1.48. The van der Waals surface area contributed by atoms with Crippen LogP contribution in [0.15, 0.2) is 40.3 Å². The zero-order valence-electron chi connectivity index (χ0n) is 20.1. The van der Waals surface area contributed by atoms with Gasteiger partial charge in [-0.05, 0) is 44.2 Å². The number of nitriles is 1. The Morgan fingerprint density at radius 1 is 1.14 bits per heavy atom. The smallest absolute Gasteiger partial charge is 0.284 e. The number of hydrogen-bond donors (Lipinski definition) is 0. The van der Waals surface area contributed by atoms with E-state index in [4.69, 9.17) is 4.98 Å². The summed E-state index contributed by atoms with van der Waals surface area (Å²) in [6.45, 7) is 0.767. The van der Waals surface area contributed by atoms with Gasteiger partial charge in [-0.3, -0.25) is 9.59 Å². The molecular formula is C26H30N6O2S. The molecule has 1 saturated carbocycles. The zero-order chi connectivity index (χ0) is 24.4. The monoisotopic (exact) mass is 490 g/mol. The standard InChI is InChI=1S/C26H30N6O2S/c1-30(26(18-27)14-8-4-9-15-26)21(33)17-35-25-28-23-22(20-13-7-3-10-16-31(20)25)24(34)32(29-23)19-11-5-2-6-12-19/h2,5-6,11-12H,3-4,7-10,13-17H2,1H3. The first-order valence-corrected chi connectivity index (χ1v) is 13.4. The Bertz CT molecular complexity index is 1290. The minimum absolute atomic E-state index is 0.0670. The largest absolute Gasteiger partial charge is 0.326 e. The van der Waals surface area contributed by atoms with Crippen LogP contribution in [0.1, 0.15) is 57.1 Å². The molecular weight excluding hydrogens is 460 g/mol. The molecule has 1 fully saturated rings. The predicted octanol–water partition coefficient (Wildman–Crippen LogP) is 4.04. The van der Waals surface area contributed by atoms with E-state index in [1.165, 1.54) is 16.4 Å². The lowest BCUT2D eigenvalue weighted by Crippen LogP contribution is -2.50. The van der Waals surface area contributed by atoms with E-state index in [-0.39, 0.29) is 17.2 Å². The van der Waals surface area contributed by atoms with E-state index in [2.05, 4.69) is 15.7 Å². The van der Waals surface area contributed by atoms with Gasteiger partial charge in [-0.1, -0.05) is 55.6 Å². The molecule has 1 aliphatic carbocycles. The molecule has 1 aromatic carbocycles. The molecule has 0 atom stereocenters.